The van der Waals surface area contributed by atoms with Crippen molar-refractivity contribution in [1.82, 2.24) is 5.32 Å². The van der Waals surface area contributed by atoms with Crippen LogP contribution in [0.1, 0.15) is 277 Å². The maximum absolute atomic E-state index is 12.4. The quantitative estimate of drug-likeness (QED) is 0.0323. The highest BCUT2D eigenvalue weighted by atomic mass is 16.5. The molecule has 57 heavy (non-hydrogen) atoms. The van der Waals surface area contributed by atoms with Gasteiger partial charge in [-0.1, -0.05) is 225 Å². The van der Waals surface area contributed by atoms with Gasteiger partial charge in [-0.15, -0.1) is 0 Å². The molecule has 0 saturated heterocycles. The molecule has 6 heteroatoms. The van der Waals surface area contributed by atoms with Crippen LogP contribution in [0.5, 0.6) is 0 Å². The summed E-state index contributed by atoms with van der Waals surface area (Å²) in [7, 11) is 0. The number of hydrogen-bond donors (Lipinski definition) is 3. The maximum Gasteiger partial charge on any atom is 0.305 e. The number of unbranched alkanes of at least 4 members (excludes halogenated alkanes) is 34. The highest BCUT2D eigenvalue weighted by Crippen LogP contribution is 2.16. The van der Waals surface area contributed by atoms with Gasteiger partial charge >= 0.3 is 5.97 Å². The monoisotopic (exact) mass is 806 g/mol. The molecule has 2 atom stereocenters. The van der Waals surface area contributed by atoms with E-state index in [1.54, 1.807) is 0 Å². The van der Waals surface area contributed by atoms with Gasteiger partial charge in [0.25, 0.3) is 0 Å². The third-order valence-corrected chi connectivity index (χ3v) is 11.8. The summed E-state index contributed by atoms with van der Waals surface area (Å²) >= 11 is 0. The number of carbonyl (C=O) groups excluding carboxylic acids is 2. The Labute approximate surface area is 355 Å². The third kappa shape index (κ3) is 44.0. The fourth-order valence-electron chi connectivity index (χ4n) is 7.87. The van der Waals surface area contributed by atoms with Crippen molar-refractivity contribution in [1.29, 1.82) is 0 Å². The van der Waals surface area contributed by atoms with Gasteiger partial charge in [0.1, 0.15) is 0 Å². The van der Waals surface area contributed by atoms with Crippen LogP contribution in [0.3, 0.4) is 0 Å². The number of allylic oxidation sites excluding steroid dienone is 2. The van der Waals surface area contributed by atoms with Crippen LogP contribution in [0.2, 0.25) is 0 Å². The Morgan fingerprint density at radius 2 is 0.825 bits per heavy atom. The van der Waals surface area contributed by atoms with E-state index >= 15 is 0 Å². The lowest BCUT2D eigenvalue weighted by Gasteiger charge is -2.22. The van der Waals surface area contributed by atoms with Crippen LogP contribution in [0.25, 0.3) is 0 Å². The highest BCUT2D eigenvalue weighted by molar-refractivity contribution is 5.76. The summed E-state index contributed by atoms with van der Waals surface area (Å²) in [5.41, 5.74) is 0. The zero-order valence-corrected chi connectivity index (χ0v) is 38.3. The molecule has 0 spiro atoms. The summed E-state index contributed by atoms with van der Waals surface area (Å²) in [6, 6.07) is -0.550. The largest absolute Gasteiger partial charge is 0.466 e. The molecule has 338 valence electrons. The van der Waals surface area contributed by atoms with Crippen LogP contribution in [0.15, 0.2) is 12.2 Å². The van der Waals surface area contributed by atoms with Crippen molar-refractivity contribution in [2.24, 2.45) is 0 Å². The zero-order chi connectivity index (χ0) is 41.5. The molecule has 1 amide bonds. The van der Waals surface area contributed by atoms with Gasteiger partial charge in [0.15, 0.2) is 0 Å². The number of nitrogens with one attached hydrogen (secondary N) is 1. The second-order valence-electron chi connectivity index (χ2n) is 17.5. The summed E-state index contributed by atoms with van der Waals surface area (Å²) in [5, 5.41) is 23.2. The average molecular weight is 806 g/mol. The van der Waals surface area contributed by atoms with E-state index in [1.807, 2.05) is 0 Å². The van der Waals surface area contributed by atoms with E-state index in [-0.39, 0.29) is 18.5 Å². The van der Waals surface area contributed by atoms with Gasteiger partial charge in [-0.05, 0) is 51.4 Å². The second-order valence-corrected chi connectivity index (χ2v) is 17.5. The lowest BCUT2D eigenvalue weighted by molar-refractivity contribution is -0.143. The molecule has 0 aliphatic rings. The van der Waals surface area contributed by atoms with E-state index in [0.717, 1.165) is 51.4 Å². The van der Waals surface area contributed by atoms with Crippen LogP contribution < -0.4 is 5.32 Å². The topological polar surface area (TPSA) is 95.9 Å². The number of ether oxygens (including phenoxy) is 1. The number of aliphatic hydroxyl groups is 2. The van der Waals surface area contributed by atoms with Crippen molar-refractivity contribution in [3.05, 3.63) is 12.2 Å². The Balaban J connectivity index is 3.46. The van der Waals surface area contributed by atoms with E-state index < -0.39 is 12.1 Å². The first kappa shape index (κ1) is 55.6. The summed E-state index contributed by atoms with van der Waals surface area (Å²) in [4.78, 5) is 24.4. The molecule has 0 radical (unpaired) electrons. The number of rotatable bonds is 47. The molecule has 0 bridgehead atoms. The molecule has 0 aromatic rings. The molecule has 0 aliphatic carbocycles. The molecule has 0 aromatic carbocycles. The van der Waals surface area contributed by atoms with Crippen molar-refractivity contribution in [3.63, 3.8) is 0 Å². The van der Waals surface area contributed by atoms with E-state index in [1.165, 1.54) is 193 Å². The minimum atomic E-state index is -0.672. The molecule has 0 heterocycles. The minimum Gasteiger partial charge on any atom is -0.466 e. The molecule has 0 saturated carbocycles. The number of carbonyl (C=O) groups is 2. The Bertz CT molecular complexity index is 847. The Kier molecular flexibility index (Phi) is 46.1. The number of hydrogen-bond acceptors (Lipinski definition) is 5. The molecular weight excluding hydrogens is 707 g/mol. The van der Waals surface area contributed by atoms with E-state index in [0.29, 0.717) is 25.9 Å². The number of esters is 1. The maximum atomic E-state index is 12.4. The van der Waals surface area contributed by atoms with Crippen molar-refractivity contribution in [2.45, 2.75) is 289 Å². The standard InChI is InChI=1S/C51H99NO5/c1-3-5-7-9-11-13-15-17-18-20-23-27-31-35-39-43-49(54)48(47-53)52-50(55)44-40-36-32-28-24-21-19-22-26-30-34-38-42-46-57-51(56)45-41-37-33-29-25-16-14-12-10-8-6-4-2/h12,14,48-49,53-54H,3-11,13,15-47H2,1-2H3,(H,52,55)/b14-12-. The molecular formula is C51H99NO5. The summed E-state index contributed by atoms with van der Waals surface area (Å²) in [6.07, 6.45) is 53.1. The zero-order valence-electron chi connectivity index (χ0n) is 38.3. The van der Waals surface area contributed by atoms with Gasteiger partial charge < -0.3 is 20.3 Å². The molecule has 3 N–H and O–H groups in total. The number of aliphatic hydroxyl groups excluding tert-OH is 2. The molecule has 0 rings (SSSR count). The smallest absolute Gasteiger partial charge is 0.305 e. The van der Waals surface area contributed by atoms with Crippen LogP contribution in [-0.4, -0.2) is 47.4 Å². The molecule has 0 fully saturated rings. The van der Waals surface area contributed by atoms with Gasteiger partial charge in [0.05, 0.1) is 25.4 Å². The SMILES string of the molecule is CCCCC/C=C\CCCCCCCC(=O)OCCCCCCCCCCCCCCCC(=O)NC(CO)C(O)CCCCCCCCCCCCCCCCC. The predicted octanol–water partition coefficient (Wildman–Crippen LogP) is 15.0. The van der Waals surface area contributed by atoms with Gasteiger partial charge in [-0.25, -0.2) is 0 Å². The Morgan fingerprint density at radius 3 is 1.28 bits per heavy atom. The predicted molar refractivity (Wildman–Crippen MR) is 246 cm³/mol. The first-order chi connectivity index (χ1) is 28.0. The van der Waals surface area contributed by atoms with Crippen LogP contribution >= 0.6 is 0 Å². The van der Waals surface area contributed by atoms with Gasteiger partial charge in [0, 0.05) is 12.8 Å². The van der Waals surface area contributed by atoms with E-state index in [4.69, 9.17) is 4.74 Å². The van der Waals surface area contributed by atoms with Gasteiger partial charge in [-0.2, -0.15) is 0 Å². The van der Waals surface area contributed by atoms with Gasteiger partial charge in [0.2, 0.25) is 5.91 Å². The van der Waals surface area contributed by atoms with Crippen LogP contribution in [0, 0.1) is 0 Å². The fourth-order valence-corrected chi connectivity index (χ4v) is 7.87. The van der Waals surface area contributed by atoms with Gasteiger partial charge in [-0.3, -0.25) is 9.59 Å². The van der Waals surface area contributed by atoms with E-state index in [2.05, 4.69) is 31.3 Å². The Hall–Kier alpha value is -1.40. The summed E-state index contributed by atoms with van der Waals surface area (Å²) in [6.45, 7) is 4.90. The van der Waals surface area contributed by atoms with Crippen LogP contribution in [-0.2, 0) is 14.3 Å². The normalized spacial score (nSPS) is 12.7. The highest BCUT2D eigenvalue weighted by Gasteiger charge is 2.20. The lowest BCUT2D eigenvalue weighted by atomic mass is 10.0. The molecule has 0 aromatic heterocycles. The third-order valence-electron chi connectivity index (χ3n) is 11.8. The summed E-state index contributed by atoms with van der Waals surface area (Å²) in [5.74, 6) is -0.0624. The molecule has 2 unspecified atom stereocenters. The lowest BCUT2D eigenvalue weighted by Crippen LogP contribution is -2.45. The Morgan fingerprint density at radius 1 is 0.474 bits per heavy atom. The van der Waals surface area contributed by atoms with Crippen molar-refractivity contribution in [2.75, 3.05) is 13.2 Å². The minimum absolute atomic E-state index is 0.0153. The molecule has 0 aliphatic heterocycles. The second kappa shape index (κ2) is 47.3. The average Bonchev–Trinajstić information content (AvgIpc) is 3.21. The van der Waals surface area contributed by atoms with Crippen molar-refractivity contribution >= 4 is 11.9 Å². The van der Waals surface area contributed by atoms with Crippen molar-refractivity contribution < 1.29 is 24.5 Å². The first-order valence-electron chi connectivity index (χ1n) is 25.4. The fraction of sp³-hybridized carbons (Fsp3) is 0.922. The van der Waals surface area contributed by atoms with Crippen molar-refractivity contribution in [3.8, 4) is 0 Å². The molecule has 6 nitrogen and oxygen atoms in total. The number of amides is 1. The van der Waals surface area contributed by atoms with Crippen LogP contribution in [0.4, 0.5) is 0 Å². The first-order valence-corrected chi connectivity index (χ1v) is 25.4. The van der Waals surface area contributed by atoms with E-state index in [9.17, 15) is 19.8 Å². The summed E-state index contributed by atoms with van der Waals surface area (Å²) < 4.78 is 5.44.